The van der Waals surface area contributed by atoms with Crippen LogP contribution < -0.4 is 24.3 Å². The van der Waals surface area contributed by atoms with E-state index in [0.29, 0.717) is 30.3 Å². The third-order valence-electron chi connectivity index (χ3n) is 3.71. The SMILES string of the molecule is COc1cc(CNCc2ccc(OCC(F)(F)F)cc2)cc(OC)c1OC. The number of hydrogen-bond acceptors (Lipinski definition) is 5. The van der Waals surface area contributed by atoms with Gasteiger partial charge in [-0.3, -0.25) is 0 Å². The van der Waals surface area contributed by atoms with E-state index < -0.39 is 12.8 Å². The van der Waals surface area contributed by atoms with Crippen molar-refractivity contribution in [1.82, 2.24) is 5.32 Å². The minimum atomic E-state index is -4.35. The third kappa shape index (κ3) is 6.25. The van der Waals surface area contributed by atoms with Gasteiger partial charge in [0.2, 0.25) is 5.75 Å². The monoisotopic (exact) mass is 385 g/mol. The smallest absolute Gasteiger partial charge is 0.422 e. The highest BCUT2D eigenvalue weighted by Crippen LogP contribution is 2.38. The summed E-state index contributed by atoms with van der Waals surface area (Å²) in [5, 5.41) is 3.26. The lowest BCUT2D eigenvalue weighted by molar-refractivity contribution is -0.153. The van der Waals surface area contributed by atoms with Crippen molar-refractivity contribution in [2.75, 3.05) is 27.9 Å². The molecule has 2 rings (SSSR count). The molecule has 5 nitrogen and oxygen atoms in total. The van der Waals surface area contributed by atoms with Crippen molar-refractivity contribution in [2.45, 2.75) is 19.3 Å². The van der Waals surface area contributed by atoms with Gasteiger partial charge in [0.05, 0.1) is 21.3 Å². The minimum Gasteiger partial charge on any atom is -0.493 e. The first-order chi connectivity index (χ1) is 12.9. The largest absolute Gasteiger partial charge is 0.493 e. The Hall–Kier alpha value is -2.61. The molecule has 0 fully saturated rings. The predicted molar refractivity (Wildman–Crippen MR) is 94.6 cm³/mol. The zero-order chi connectivity index (χ0) is 19.9. The Morgan fingerprint density at radius 1 is 0.815 bits per heavy atom. The van der Waals surface area contributed by atoms with Crippen LogP contribution in [0.4, 0.5) is 13.2 Å². The van der Waals surface area contributed by atoms with Gasteiger partial charge < -0.3 is 24.3 Å². The molecule has 0 aliphatic heterocycles. The number of methoxy groups -OCH3 is 3. The maximum Gasteiger partial charge on any atom is 0.422 e. The zero-order valence-corrected chi connectivity index (χ0v) is 15.4. The lowest BCUT2D eigenvalue weighted by Gasteiger charge is -2.14. The molecule has 8 heteroatoms. The quantitative estimate of drug-likeness (QED) is 0.709. The number of rotatable bonds is 9. The van der Waals surface area contributed by atoms with Crippen molar-refractivity contribution in [2.24, 2.45) is 0 Å². The molecule has 2 aromatic carbocycles. The first-order valence-electron chi connectivity index (χ1n) is 8.14. The zero-order valence-electron chi connectivity index (χ0n) is 15.4. The fourth-order valence-corrected chi connectivity index (χ4v) is 2.46. The Morgan fingerprint density at radius 3 is 1.85 bits per heavy atom. The van der Waals surface area contributed by atoms with Gasteiger partial charge in [0, 0.05) is 13.1 Å². The summed E-state index contributed by atoms with van der Waals surface area (Å²) < 4.78 is 57.0. The summed E-state index contributed by atoms with van der Waals surface area (Å²) in [7, 11) is 4.65. The summed E-state index contributed by atoms with van der Waals surface area (Å²) >= 11 is 0. The molecule has 1 N–H and O–H groups in total. The fourth-order valence-electron chi connectivity index (χ4n) is 2.46. The topological polar surface area (TPSA) is 49.0 Å². The van der Waals surface area contributed by atoms with Gasteiger partial charge in [-0.25, -0.2) is 0 Å². The van der Waals surface area contributed by atoms with Crippen molar-refractivity contribution >= 4 is 0 Å². The fraction of sp³-hybridized carbons (Fsp3) is 0.368. The summed E-state index contributed by atoms with van der Waals surface area (Å²) in [4.78, 5) is 0. The molecular weight excluding hydrogens is 363 g/mol. The molecule has 0 radical (unpaired) electrons. The summed E-state index contributed by atoms with van der Waals surface area (Å²) in [5.41, 5.74) is 1.86. The average Bonchev–Trinajstić information content (AvgIpc) is 2.65. The van der Waals surface area contributed by atoms with E-state index in [1.165, 1.54) is 12.1 Å². The Bertz CT molecular complexity index is 708. The third-order valence-corrected chi connectivity index (χ3v) is 3.71. The van der Waals surface area contributed by atoms with E-state index in [0.717, 1.165) is 11.1 Å². The van der Waals surface area contributed by atoms with Crippen LogP contribution in [0, 0.1) is 0 Å². The molecular formula is C19H22F3NO4. The van der Waals surface area contributed by atoms with E-state index in [1.807, 2.05) is 12.1 Å². The molecule has 0 heterocycles. The van der Waals surface area contributed by atoms with E-state index in [-0.39, 0.29) is 5.75 Å². The van der Waals surface area contributed by atoms with E-state index >= 15 is 0 Å². The van der Waals surface area contributed by atoms with E-state index in [9.17, 15) is 13.2 Å². The van der Waals surface area contributed by atoms with Crippen molar-refractivity contribution < 1.29 is 32.1 Å². The van der Waals surface area contributed by atoms with E-state index in [4.69, 9.17) is 14.2 Å². The van der Waals surface area contributed by atoms with Crippen molar-refractivity contribution in [3.63, 3.8) is 0 Å². The lowest BCUT2D eigenvalue weighted by atomic mass is 10.1. The van der Waals surface area contributed by atoms with Gasteiger partial charge in [0.1, 0.15) is 5.75 Å². The first-order valence-corrected chi connectivity index (χ1v) is 8.14. The number of nitrogens with one attached hydrogen (secondary N) is 1. The molecule has 0 saturated carbocycles. The molecule has 0 aliphatic carbocycles. The highest BCUT2D eigenvalue weighted by molar-refractivity contribution is 5.53. The Labute approximate surface area is 156 Å². The second kappa shape index (κ2) is 9.36. The number of benzene rings is 2. The summed E-state index contributed by atoms with van der Waals surface area (Å²) in [6.45, 7) is -0.217. The van der Waals surface area contributed by atoms with Gasteiger partial charge in [0.15, 0.2) is 18.1 Å². The normalized spacial score (nSPS) is 11.2. The Kier molecular flexibility index (Phi) is 7.18. The Morgan fingerprint density at radius 2 is 1.37 bits per heavy atom. The van der Waals surface area contributed by atoms with Crippen LogP contribution in [0.3, 0.4) is 0 Å². The van der Waals surface area contributed by atoms with Gasteiger partial charge in [-0.1, -0.05) is 12.1 Å². The van der Waals surface area contributed by atoms with Gasteiger partial charge >= 0.3 is 6.18 Å². The van der Waals surface area contributed by atoms with Crippen molar-refractivity contribution in [3.05, 3.63) is 47.5 Å². The van der Waals surface area contributed by atoms with Crippen LogP contribution in [0.25, 0.3) is 0 Å². The molecule has 2 aromatic rings. The van der Waals surface area contributed by atoms with Crippen molar-refractivity contribution in [1.29, 1.82) is 0 Å². The average molecular weight is 385 g/mol. The van der Waals surface area contributed by atoms with E-state index in [1.54, 1.807) is 33.5 Å². The van der Waals surface area contributed by atoms with Gasteiger partial charge in [-0.05, 0) is 35.4 Å². The number of alkyl halides is 3. The van der Waals surface area contributed by atoms with Crippen LogP contribution in [-0.4, -0.2) is 34.1 Å². The molecule has 27 heavy (non-hydrogen) atoms. The molecule has 0 aliphatic rings. The first kappa shape index (κ1) is 20.7. The summed E-state index contributed by atoms with van der Waals surface area (Å²) in [5.74, 6) is 1.85. The summed E-state index contributed by atoms with van der Waals surface area (Å²) in [6.07, 6.45) is -4.35. The number of hydrogen-bond donors (Lipinski definition) is 1. The standard InChI is InChI=1S/C19H22F3NO4/c1-24-16-8-14(9-17(25-2)18(16)26-3)11-23-10-13-4-6-15(7-5-13)27-12-19(20,21)22/h4-9,23H,10-12H2,1-3H3. The second-order valence-electron chi connectivity index (χ2n) is 5.68. The highest BCUT2D eigenvalue weighted by atomic mass is 19.4. The van der Waals surface area contributed by atoms with Crippen LogP contribution in [0.2, 0.25) is 0 Å². The van der Waals surface area contributed by atoms with Gasteiger partial charge in [-0.15, -0.1) is 0 Å². The highest BCUT2D eigenvalue weighted by Gasteiger charge is 2.28. The van der Waals surface area contributed by atoms with E-state index in [2.05, 4.69) is 10.1 Å². The molecule has 0 atom stereocenters. The van der Waals surface area contributed by atoms with Crippen molar-refractivity contribution in [3.8, 4) is 23.0 Å². The van der Waals surface area contributed by atoms with Crippen LogP contribution >= 0.6 is 0 Å². The second-order valence-corrected chi connectivity index (χ2v) is 5.68. The molecule has 148 valence electrons. The van der Waals surface area contributed by atoms with Gasteiger partial charge in [0.25, 0.3) is 0 Å². The molecule has 0 aromatic heterocycles. The molecule has 0 saturated heterocycles. The molecule has 0 bridgehead atoms. The van der Waals surface area contributed by atoms with Gasteiger partial charge in [-0.2, -0.15) is 13.2 Å². The lowest BCUT2D eigenvalue weighted by Crippen LogP contribution is -2.19. The maximum atomic E-state index is 12.1. The summed E-state index contributed by atoms with van der Waals surface area (Å²) in [6, 6.07) is 10.2. The number of halogens is 3. The maximum absolute atomic E-state index is 12.1. The molecule has 0 unspecified atom stereocenters. The van der Waals surface area contributed by atoms with Crippen LogP contribution in [-0.2, 0) is 13.1 Å². The predicted octanol–water partition coefficient (Wildman–Crippen LogP) is 3.94. The van der Waals surface area contributed by atoms with Crippen LogP contribution in [0.15, 0.2) is 36.4 Å². The Balaban J connectivity index is 1.92. The number of ether oxygens (including phenoxy) is 4. The molecule has 0 amide bonds. The van der Waals surface area contributed by atoms with Crippen LogP contribution in [0.1, 0.15) is 11.1 Å². The minimum absolute atomic E-state index is 0.181. The molecule has 0 spiro atoms. The van der Waals surface area contributed by atoms with Crippen LogP contribution in [0.5, 0.6) is 23.0 Å².